The van der Waals surface area contributed by atoms with Gasteiger partial charge in [0, 0.05) is 26.2 Å². The third-order valence-electron chi connectivity index (χ3n) is 4.03. The van der Waals surface area contributed by atoms with Crippen molar-refractivity contribution in [3.63, 3.8) is 0 Å². The molecular formula is C17H27N3O3S. The SMILES string of the molecule is CC(C)CCNC(=O)CN1CCCN(Cc2ccccc2)S1(=O)=O. The minimum absolute atomic E-state index is 0.105. The molecule has 0 unspecified atom stereocenters. The van der Waals surface area contributed by atoms with Crippen LogP contribution in [0.1, 0.15) is 32.3 Å². The number of carbonyl (C=O) groups is 1. The molecule has 0 atom stereocenters. The summed E-state index contributed by atoms with van der Waals surface area (Å²) in [6, 6.07) is 9.51. The van der Waals surface area contributed by atoms with Crippen LogP contribution in [0.3, 0.4) is 0 Å². The maximum Gasteiger partial charge on any atom is 0.282 e. The number of carbonyl (C=O) groups excluding carboxylic acids is 1. The molecule has 1 aromatic carbocycles. The molecule has 1 amide bonds. The Bertz CT molecular complexity index is 632. The molecule has 0 spiro atoms. The van der Waals surface area contributed by atoms with Gasteiger partial charge in [0.1, 0.15) is 0 Å². The van der Waals surface area contributed by atoms with Crippen molar-refractivity contribution >= 4 is 16.1 Å². The molecule has 134 valence electrons. The summed E-state index contributed by atoms with van der Waals surface area (Å²) >= 11 is 0. The first-order chi connectivity index (χ1) is 11.4. The van der Waals surface area contributed by atoms with Gasteiger partial charge in [0.05, 0.1) is 6.54 Å². The maximum absolute atomic E-state index is 12.7. The van der Waals surface area contributed by atoms with Gasteiger partial charge in [0.25, 0.3) is 10.2 Å². The lowest BCUT2D eigenvalue weighted by Crippen LogP contribution is -2.52. The lowest BCUT2D eigenvalue weighted by Gasteiger charge is -2.34. The van der Waals surface area contributed by atoms with Crippen LogP contribution in [-0.2, 0) is 21.5 Å². The Morgan fingerprint density at radius 3 is 2.50 bits per heavy atom. The summed E-state index contributed by atoms with van der Waals surface area (Å²) < 4.78 is 28.1. The minimum Gasteiger partial charge on any atom is -0.355 e. The van der Waals surface area contributed by atoms with Gasteiger partial charge in [-0.25, -0.2) is 0 Å². The molecule has 6 nitrogen and oxygen atoms in total. The fraction of sp³-hybridized carbons (Fsp3) is 0.588. The van der Waals surface area contributed by atoms with Gasteiger partial charge in [-0.3, -0.25) is 4.79 Å². The molecular weight excluding hydrogens is 326 g/mol. The van der Waals surface area contributed by atoms with Gasteiger partial charge >= 0.3 is 0 Å². The summed E-state index contributed by atoms with van der Waals surface area (Å²) in [4.78, 5) is 12.0. The summed E-state index contributed by atoms with van der Waals surface area (Å²) in [5, 5.41) is 2.80. The highest BCUT2D eigenvalue weighted by molar-refractivity contribution is 7.86. The summed E-state index contributed by atoms with van der Waals surface area (Å²) in [5.74, 6) is 0.270. The average molecular weight is 353 g/mol. The molecule has 1 aliphatic rings. The van der Waals surface area contributed by atoms with Crippen LogP contribution in [0.15, 0.2) is 30.3 Å². The van der Waals surface area contributed by atoms with Crippen LogP contribution in [0.5, 0.6) is 0 Å². The van der Waals surface area contributed by atoms with Gasteiger partial charge < -0.3 is 5.32 Å². The van der Waals surface area contributed by atoms with E-state index >= 15 is 0 Å². The molecule has 0 aliphatic carbocycles. The monoisotopic (exact) mass is 353 g/mol. The summed E-state index contributed by atoms with van der Waals surface area (Å²) in [6.45, 7) is 5.87. The highest BCUT2D eigenvalue weighted by Crippen LogP contribution is 2.18. The molecule has 0 aromatic heterocycles. The second-order valence-electron chi connectivity index (χ2n) is 6.55. The second-order valence-corrected chi connectivity index (χ2v) is 8.47. The van der Waals surface area contributed by atoms with Crippen molar-refractivity contribution in [2.45, 2.75) is 33.2 Å². The molecule has 0 bridgehead atoms. The highest BCUT2D eigenvalue weighted by atomic mass is 32.2. The summed E-state index contributed by atoms with van der Waals surface area (Å²) in [6.07, 6.45) is 1.62. The number of nitrogens with one attached hydrogen (secondary N) is 1. The minimum atomic E-state index is -3.59. The van der Waals surface area contributed by atoms with Crippen molar-refractivity contribution in [1.82, 2.24) is 13.9 Å². The zero-order valence-corrected chi connectivity index (χ0v) is 15.3. The summed E-state index contributed by atoms with van der Waals surface area (Å²) in [5.41, 5.74) is 0.948. The van der Waals surface area contributed by atoms with Crippen LogP contribution in [0.4, 0.5) is 0 Å². The Hall–Kier alpha value is -1.44. The molecule has 24 heavy (non-hydrogen) atoms. The van der Waals surface area contributed by atoms with Gasteiger partial charge in [-0.15, -0.1) is 0 Å². The average Bonchev–Trinajstić information content (AvgIpc) is 2.52. The van der Waals surface area contributed by atoms with Crippen molar-refractivity contribution in [3.8, 4) is 0 Å². The molecule has 7 heteroatoms. The van der Waals surface area contributed by atoms with E-state index in [1.54, 1.807) is 0 Å². The highest BCUT2D eigenvalue weighted by Gasteiger charge is 2.34. The molecule has 1 saturated heterocycles. The number of nitrogens with zero attached hydrogens (tertiary/aromatic N) is 2. The molecule has 1 aliphatic heterocycles. The normalized spacial score (nSPS) is 18.6. The van der Waals surface area contributed by atoms with Gasteiger partial charge in [-0.1, -0.05) is 44.2 Å². The van der Waals surface area contributed by atoms with Crippen molar-refractivity contribution in [2.24, 2.45) is 5.92 Å². The van der Waals surface area contributed by atoms with Crippen molar-refractivity contribution in [3.05, 3.63) is 35.9 Å². The number of hydrogen-bond acceptors (Lipinski definition) is 3. The topological polar surface area (TPSA) is 69.7 Å². The number of amides is 1. The fourth-order valence-electron chi connectivity index (χ4n) is 2.64. The fourth-order valence-corrected chi connectivity index (χ4v) is 4.28. The predicted molar refractivity (Wildman–Crippen MR) is 94.4 cm³/mol. The Labute approximate surface area is 145 Å². The summed E-state index contributed by atoms with van der Waals surface area (Å²) in [7, 11) is -3.59. The zero-order valence-electron chi connectivity index (χ0n) is 14.4. The Morgan fingerprint density at radius 2 is 1.83 bits per heavy atom. The number of hydrogen-bond donors (Lipinski definition) is 1. The Morgan fingerprint density at radius 1 is 1.17 bits per heavy atom. The standard InChI is InChI=1S/C17H27N3O3S/c1-15(2)9-10-18-17(21)14-20-12-6-11-19(24(20,22)23)13-16-7-4-3-5-8-16/h3-5,7-8,15H,6,9-14H2,1-2H3,(H,18,21). The van der Waals surface area contributed by atoms with Crippen LogP contribution in [0.25, 0.3) is 0 Å². The van der Waals surface area contributed by atoms with Gasteiger partial charge in [0.15, 0.2) is 0 Å². The largest absolute Gasteiger partial charge is 0.355 e. The van der Waals surface area contributed by atoms with E-state index in [1.807, 2.05) is 30.3 Å². The molecule has 1 N–H and O–H groups in total. The van der Waals surface area contributed by atoms with E-state index in [2.05, 4.69) is 19.2 Å². The van der Waals surface area contributed by atoms with E-state index in [9.17, 15) is 13.2 Å². The molecule has 0 radical (unpaired) electrons. The lowest BCUT2D eigenvalue weighted by molar-refractivity contribution is -0.121. The Kier molecular flexibility index (Phi) is 6.77. The predicted octanol–water partition coefficient (Wildman–Crippen LogP) is 1.60. The lowest BCUT2D eigenvalue weighted by atomic mass is 10.1. The van der Waals surface area contributed by atoms with Gasteiger partial charge in [-0.2, -0.15) is 17.0 Å². The number of rotatable bonds is 7. The van der Waals surface area contributed by atoms with Crippen LogP contribution in [-0.4, -0.2) is 49.1 Å². The number of benzene rings is 1. The van der Waals surface area contributed by atoms with E-state index in [-0.39, 0.29) is 12.5 Å². The van der Waals surface area contributed by atoms with E-state index in [4.69, 9.17) is 0 Å². The van der Waals surface area contributed by atoms with Gasteiger partial charge in [-0.05, 0) is 24.3 Å². The van der Waals surface area contributed by atoms with Crippen LogP contribution < -0.4 is 5.32 Å². The third-order valence-corrected chi connectivity index (χ3v) is 5.96. The smallest absolute Gasteiger partial charge is 0.282 e. The van der Waals surface area contributed by atoms with E-state index < -0.39 is 10.2 Å². The third kappa shape index (κ3) is 5.29. The molecule has 1 aromatic rings. The van der Waals surface area contributed by atoms with Gasteiger partial charge in [0.2, 0.25) is 5.91 Å². The van der Waals surface area contributed by atoms with Crippen molar-refractivity contribution in [2.75, 3.05) is 26.2 Å². The molecule has 1 fully saturated rings. The Balaban J connectivity index is 1.94. The quantitative estimate of drug-likeness (QED) is 0.809. The van der Waals surface area contributed by atoms with Crippen LogP contribution in [0.2, 0.25) is 0 Å². The van der Waals surface area contributed by atoms with E-state index in [0.29, 0.717) is 32.1 Å². The molecule has 2 rings (SSSR count). The van der Waals surface area contributed by atoms with E-state index in [1.165, 1.54) is 8.61 Å². The first kappa shape index (κ1) is 18.9. The molecule has 0 saturated carbocycles. The van der Waals surface area contributed by atoms with Crippen LogP contribution in [0, 0.1) is 5.92 Å². The van der Waals surface area contributed by atoms with Crippen molar-refractivity contribution in [1.29, 1.82) is 0 Å². The first-order valence-electron chi connectivity index (χ1n) is 8.45. The maximum atomic E-state index is 12.7. The second kappa shape index (κ2) is 8.60. The van der Waals surface area contributed by atoms with E-state index in [0.717, 1.165) is 18.4 Å². The van der Waals surface area contributed by atoms with Crippen LogP contribution >= 0.6 is 0 Å². The first-order valence-corrected chi connectivity index (χ1v) is 9.85. The van der Waals surface area contributed by atoms with Crippen molar-refractivity contribution < 1.29 is 13.2 Å². The zero-order chi connectivity index (χ0) is 17.6. The molecule has 1 heterocycles.